The van der Waals surface area contributed by atoms with Crippen molar-refractivity contribution in [3.8, 4) is 11.1 Å². The van der Waals surface area contributed by atoms with Crippen LogP contribution in [-0.2, 0) is 11.8 Å². The summed E-state index contributed by atoms with van der Waals surface area (Å²) < 4.78 is 6.59. The van der Waals surface area contributed by atoms with E-state index in [2.05, 4.69) is 158 Å². The third-order valence-electron chi connectivity index (χ3n) is 10.8. The van der Waals surface area contributed by atoms with E-state index in [-0.39, 0.29) is 10.8 Å². The van der Waals surface area contributed by atoms with Crippen LogP contribution in [0.1, 0.15) is 42.5 Å². The maximum Gasteiger partial charge on any atom is 0.159 e. The summed E-state index contributed by atoms with van der Waals surface area (Å²) in [5.41, 5.74) is 16.1. The highest BCUT2D eigenvalue weighted by Crippen LogP contribution is 2.56. The number of hydrogen-bond donors (Lipinski definition) is 0. The molecule has 0 amide bonds. The number of benzene rings is 5. The van der Waals surface area contributed by atoms with Crippen molar-refractivity contribution in [1.29, 1.82) is 0 Å². The molecule has 1 unspecified atom stereocenters. The monoisotopic (exact) mass is 605 g/mol. The van der Waals surface area contributed by atoms with E-state index in [0.29, 0.717) is 0 Å². The molecule has 9 rings (SSSR count). The van der Waals surface area contributed by atoms with Crippen LogP contribution in [0.15, 0.2) is 156 Å². The summed E-state index contributed by atoms with van der Waals surface area (Å²) in [4.78, 5) is 2.34. The molecule has 47 heavy (non-hydrogen) atoms. The molecule has 1 spiro atoms. The zero-order chi connectivity index (χ0) is 31.6. The summed E-state index contributed by atoms with van der Waals surface area (Å²) in [5.74, 6) is 0. The van der Waals surface area contributed by atoms with Gasteiger partial charge in [0.15, 0.2) is 5.58 Å². The maximum absolute atomic E-state index is 6.59. The van der Waals surface area contributed by atoms with Gasteiger partial charge < -0.3 is 9.32 Å². The number of anilines is 2. The quantitative estimate of drug-likeness (QED) is 0.186. The molecular weight excluding hydrogens is 571 g/mol. The van der Waals surface area contributed by atoms with Crippen LogP contribution in [0.3, 0.4) is 0 Å². The van der Waals surface area contributed by atoms with Gasteiger partial charge in [-0.15, -0.1) is 5.73 Å². The first-order chi connectivity index (χ1) is 23.0. The van der Waals surface area contributed by atoms with Gasteiger partial charge in [-0.1, -0.05) is 123 Å². The van der Waals surface area contributed by atoms with Gasteiger partial charge in [0.1, 0.15) is 5.58 Å². The molecule has 0 fully saturated rings. The van der Waals surface area contributed by atoms with E-state index in [9.17, 15) is 0 Å². The zero-order valence-electron chi connectivity index (χ0n) is 26.7. The minimum atomic E-state index is 0.0581. The molecule has 0 N–H and O–H groups in total. The Hall–Kier alpha value is -5.56. The van der Waals surface area contributed by atoms with Gasteiger partial charge in [-0.2, -0.15) is 0 Å². The Labute approximate surface area is 276 Å². The predicted molar refractivity (Wildman–Crippen MR) is 197 cm³/mol. The Morgan fingerprint density at radius 3 is 2.45 bits per heavy atom. The van der Waals surface area contributed by atoms with Gasteiger partial charge in [-0.05, 0) is 88.6 Å². The number of fused-ring (bicyclic) bond motifs is 5. The second kappa shape index (κ2) is 10.5. The molecule has 226 valence electrons. The molecule has 0 saturated carbocycles. The number of allylic oxidation sites excluding steroid dienone is 6. The summed E-state index contributed by atoms with van der Waals surface area (Å²) in [6.45, 7) is 4.85. The highest BCUT2D eigenvalue weighted by Gasteiger charge is 2.49. The van der Waals surface area contributed by atoms with Crippen LogP contribution < -0.4 is 4.90 Å². The van der Waals surface area contributed by atoms with E-state index in [1.165, 1.54) is 22.3 Å². The van der Waals surface area contributed by atoms with Crippen LogP contribution in [0.2, 0.25) is 0 Å². The Morgan fingerprint density at radius 1 is 0.766 bits per heavy atom. The molecule has 3 aliphatic carbocycles. The molecule has 1 atom stereocenters. The summed E-state index contributed by atoms with van der Waals surface area (Å²) >= 11 is 0. The molecule has 1 aromatic heterocycles. The Kier molecular flexibility index (Phi) is 6.19. The molecule has 2 nitrogen and oxygen atoms in total. The summed E-state index contributed by atoms with van der Waals surface area (Å²) in [5, 5.41) is 2.23. The standard InChI is InChI=1S/C45H35NO/c1-44(2)39-29-33(21-22-34(39)30-45(44)27-10-3-11-28-45)31-23-25-35(26-24-31)46(40-18-8-5-14-32-13-4-6-15-36(32)40)41-19-12-17-38-37-16-7-9-20-42(37)47-43(38)41/h3-4,6-27,29H,28,30H2,1-2H3. The fourth-order valence-corrected chi connectivity index (χ4v) is 8.11. The zero-order valence-corrected chi connectivity index (χ0v) is 26.7. The highest BCUT2D eigenvalue weighted by molar-refractivity contribution is 6.11. The van der Waals surface area contributed by atoms with Gasteiger partial charge in [0.05, 0.1) is 11.4 Å². The van der Waals surface area contributed by atoms with Crippen molar-refractivity contribution in [3.05, 3.63) is 174 Å². The molecule has 1 heterocycles. The van der Waals surface area contributed by atoms with Gasteiger partial charge in [0.25, 0.3) is 0 Å². The fraction of sp³-hybridized carbons (Fsp3) is 0.133. The van der Waals surface area contributed by atoms with Gasteiger partial charge in [-0.25, -0.2) is 0 Å². The smallest absolute Gasteiger partial charge is 0.159 e. The lowest BCUT2D eigenvalue weighted by Gasteiger charge is -2.40. The molecule has 0 bridgehead atoms. The first-order valence-corrected chi connectivity index (χ1v) is 16.5. The predicted octanol–water partition coefficient (Wildman–Crippen LogP) is 12.0. The van der Waals surface area contributed by atoms with Gasteiger partial charge in [0.2, 0.25) is 0 Å². The molecule has 5 aromatic carbocycles. The van der Waals surface area contributed by atoms with Crippen LogP contribution in [0.25, 0.3) is 44.8 Å². The first-order valence-electron chi connectivity index (χ1n) is 16.5. The van der Waals surface area contributed by atoms with Crippen molar-refractivity contribution in [3.63, 3.8) is 0 Å². The minimum Gasteiger partial charge on any atom is -0.454 e. The second-order valence-electron chi connectivity index (χ2n) is 13.6. The number of hydrogen-bond acceptors (Lipinski definition) is 2. The molecule has 3 aliphatic rings. The first kappa shape index (κ1) is 27.7. The molecule has 0 saturated heterocycles. The van der Waals surface area contributed by atoms with Crippen LogP contribution in [-0.4, -0.2) is 0 Å². The molecule has 0 aliphatic heterocycles. The summed E-state index contributed by atoms with van der Waals surface area (Å²) in [6.07, 6.45) is 17.6. The third kappa shape index (κ3) is 4.26. The van der Waals surface area contributed by atoms with E-state index >= 15 is 0 Å². The van der Waals surface area contributed by atoms with Crippen LogP contribution in [0, 0.1) is 5.41 Å². The number of nitrogens with zero attached hydrogens (tertiary/aromatic N) is 1. The van der Waals surface area contributed by atoms with Gasteiger partial charge in [-0.3, -0.25) is 0 Å². The van der Waals surface area contributed by atoms with Gasteiger partial charge >= 0.3 is 0 Å². The van der Waals surface area contributed by atoms with Crippen molar-refractivity contribution in [2.75, 3.05) is 4.90 Å². The summed E-state index contributed by atoms with van der Waals surface area (Å²) in [6, 6.07) is 39.4. The van der Waals surface area contributed by atoms with Crippen LogP contribution in [0.4, 0.5) is 11.4 Å². The largest absolute Gasteiger partial charge is 0.454 e. The van der Waals surface area contributed by atoms with E-state index < -0.39 is 0 Å². The Morgan fingerprint density at radius 2 is 1.57 bits per heavy atom. The van der Waals surface area contributed by atoms with E-state index in [1.807, 2.05) is 18.2 Å². The van der Waals surface area contributed by atoms with E-state index in [1.54, 1.807) is 0 Å². The average Bonchev–Trinajstić information content (AvgIpc) is 3.48. The number of rotatable bonds is 4. The molecule has 2 heteroatoms. The van der Waals surface area contributed by atoms with E-state index in [4.69, 9.17) is 4.42 Å². The van der Waals surface area contributed by atoms with Crippen molar-refractivity contribution < 1.29 is 4.42 Å². The van der Waals surface area contributed by atoms with Crippen molar-refractivity contribution in [1.82, 2.24) is 0 Å². The van der Waals surface area contributed by atoms with E-state index in [0.717, 1.165) is 63.0 Å². The maximum atomic E-state index is 6.59. The lowest BCUT2D eigenvalue weighted by molar-refractivity contribution is 0.240. The van der Waals surface area contributed by atoms with Crippen LogP contribution in [0.5, 0.6) is 0 Å². The second-order valence-corrected chi connectivity index (χ2v) is 13.6. The van der Waals surface area contributed by atoms with Crippen molar-refractivity contribution >= 4 is 45.1 Å². The lowest BCUT2D eigenvalue weighted by Crippen LogP contribution is -2.36. The van der Waals surface area contributed by atoms with Crippen molar-refractivity contribution in [2.24, 2.45) is 5.41 Å². The molecule has 0 radical (unpaired) electrons. The van der Waals surface area contributed by atoms with Crippen LogP contribution >= 0.6 is 0 Å². The topological polar surface area (TPSA) is 16.4 Å². The third-order valence-corrected chi connectivity index (χ3v) is 10.8. The Bertz CT molecular complexity index is 2370. The van der Waals surface area contributed by atoms with Crippen molar-refractivity contribution in [2.45, 2.75) is 32.1 Å². The molecule has 6 aromatic rings. The Balaban J connectivity index is 1.17. The van der Waals surface area contributed by atoms with Gasteiger partial charge in [0, 0.05) is 27.4 Å². The SMILES string of the molecule is CC1(C)c2cc(-c3ccc(N(C4=CC=C=Cc5ccccc54)c4cccc5c4oc4ccccc45)cc3)ccc2CC12C=CC=CC2. The minimum absolute atomic E-state index is 0.0581. The lowest BCUT2D eigenvalue weighted by atomic mass is 9.63. The fourth-order valence-electron chi connectivity index (χ4n) is 8.11. The highest BCUT2D eigenvalue weighted by atomic mass is 16.3. The average molecular weight is 606 g/mol. The summed E-state index contributed by atoms with van der Waals surface area (Å²) in [7, 11) is 0. The normalized spacial score (nSPS) is 18.8. The number of para-hydroxylation sites is 2. The number of furan rings is 1. The molecular formula is C45H35NO.